The van der Waals surface area contributed by atoms with Gasteiger partial charge in [0, 0.05) is 21.9 Å². The predicted molar refractivity (Wildman–Crippen MR) is 183 cm³/mol. The van der Waals surface area contributed by atoms with E-state index in [2.05, 4.69) is 0 Å². The number of hydrogen-bond acceptors (Lipinski definition) is 1. The molecule has 1 nitrogen and oxygen atoms in total. The minimum Gasteiger partial charge on any atom is -0.455 e. The standard InChI is InChI=1S/C42H26O/c1-2-16-30-27(12-1)13-10-22-31(30)28-14-9-15-29(26-28)40-33-18-3-5-20-35(33)41(36-21-6-4-19-34(36)40)38-24-11-23-37-32-17-7-8-25-39(32)43-42(37)38/h1-26H/i1D,2D,9D,10D,12D,13D,14D,15D,16D,22D,26D. The number of hydrogen-bond donors (Lipinski definition) is 0. The van der Waals surface area contributed by atoms with Crippen molar-refractivity contribution in [2.75, 3.05) is 0 Å². The van der Waals surface area contributed by atoms with E-state index in [9.17, 15) is 2.74 Å². The van der Waals surface area contributed by atoms with Gasteiger partial charge in [0.25, 0.3) is 0 Å². The van der Waals surface area contributed by atoms with E-state index >= 15 is 0 Å². The van der Waals surface area contributed by atoms with Crippen molar-refractivity contribution in [3.8, 4) is 33.4 Å². The van der Waals surface area contributed by atoms with Crippen LogP contribution < -0.4 is 0 Å². The first-order valence-electron chi connectivity index (χ1n) is 19.4. The fourth-order valence-electron chi connectivity index (χ4n) is 6.23. The van der Waals surface area contributed by atoms with E-state index in [1.165, 1.54) is 0 Å². The number of para-hydroxylation sites is 2. The van der Waals surface area contributed by atoms with Crippen LogP contribution in [0.25, 0.3) is 87.6 Å². The van der Waals surface area contributed by atoms with Crippen LogP contribution in [0.5, 0.6) is 0 Å². The van der Waals surface area contributed by atoms with E-state index in [4.69, 9.17) is 16.8 Å². The van der Waals surface area contributed by atoms with Crippen LogP contribution in [0.3, 0.4) is 0 Å². The molecule has 1 heterocycles. The normalized spacial score (nSPS) is 15.3. The van der Waals surface area contributed by atoms with Gasteiger partial charge < -0.3 is 4.42 Å². The second-order valence-corrected chi connectivity index (χ2v) is 10.4. The van der Waals surface area contributed by atoms with Crippen LogP contribution >= 0.6 is 0 Å². The van der Waals surface area contributed by atoms with Gasteiger partial charge in [0.1, 0.15) is 11.2 Å². The molecule has 200 valence electrons. The molecule has 0 fully saturated rings. The molecule has 0 unspecified atom stereocenters. The highest BCUT2D eigenvalue weighted by atomic mass is 16.3. The molecule has 0 aliphatic carbocycles. The summed E-state index contributed by atoms with van der Waals surface area (Å²) in [5.74, 6) is 0. The minimum atomic E-state index is -0.649. The fraction of sp³-hybridized carbons (Fsp3) is 0. The smallest absolute Gasteiger partial charge is 0.143 e. The van der Waals surface area contributed by atoms with Gasteiger partial charge in [0.2, 0.25) is 0 Å². The second-order valence-electron chi connectivity index (χ2n) is 10.4. The van der Waals surface area contributed by atoms with Crippen molar-refractivity contribution in [2.24, 2.45) is 0 Å². The molecule has 9 aromatic rings. The Balaban J connectivity index is 1.45. The molecule has 0 aliphatic rings. The van der Waals surface area contributed by atoms with E-state index in [1.807, 2.05) is 91.0 Å². The Bertz CT molecular complexity index is 3060. The number of benzene rings is 8. The van der Waals surface area contributed by atoms with Gasteiger partial charge >= 0.3 is 0 Å². The summed E-state index contributed by atoms with van der Waals surface area (Å²) in [7, 11) is 0. The van der Waals surface area contributed by atoms with Crippen molar-refractivity contribution in [3.05, 3.63) is 157 Å². The van der Waals surface area contributed by atoms with Crippen LogP contribution in [0.2, 0.25) is 0 Å². The Kier molecular flexibility index (Phi) is 3.41. The summed E-state index contributed by atoms with van der Waals surface area (Å²) in [6, 6.07) is 22.6. The molecule has 0 spiro atoms. The molecule has 0 atom stereocenters. The lowest BCUT2D eigenvalue weighted by Crippen LogP contribution is -1.91. The molecular weight excluding hydrogens is 520 g/mol. The first-order valence-corrected chi connectivity index (χ1v) is 13.9. The van der Waals surface area contributed by atoms with Gasteiger partial charge in [-0.1, -0.05) is 145 Å². The second kappa shape index (κ2) is 9.44. The molecular formula is C42H26O. The molecule has 0 bridgehead atoms. The highest BCUT2D eigenvalue weighted by Gasteiger charge is 2.20. The molecule has 0 saturated carbocycles. The highest BCUT2D eigenvalue weighted by molar-refractivity contribution is 6.24. The van der Waals surface area contributed by atoms with Crippen molar-refractivity contribution >= 4 is 54.3 Å². The summed E-state index contributed by atoms with van der Waals surface area (Å²) in [5.41, 5.74) is 2.90. The molecule has 0 saturated heterocycles. The maximum absolute atomic E-state index is 9.73. The molecule has 0 radical (unpaired) electrons. The van der Waals surface area contributed by atoms with Crippen LogP contribution in [-0.4, -0.2) is 0 Å². The summed E-state index contributed by atoms with van der Waals surface area (Å²) in [6.07, 6.45) is 0. The van der Waals surface area contributed by atoms with Crippen molar-refractivity contribution in [1.82, 2.24) is 0 Å². The third-order valence-electron chi connectivity index (χ3n) is 8.04. The third kappa shape index (κ3) is 3.65. The van der Waals surface area contributed by atoms with Gasteiger partial charge in [-0.3, -0.25) is 0 Å². The Hall–Kier alpha value is -5.66. The van der Waals surface area contributed by atoms with Gasteiger partial charge in [0.05, 0.1) is 15.1 Å². The predicted octanol–water partition coefficient (Wildman–Crippen LogP) is 12.0. The zero-order valence-corrected chi connectivity index (χ0v) is 22.6. The molecule has 43 heavy (non-hydrogen) atoms. The summed E-state index contributed by atoms with van der Waals surface area (Å²) >= 11 is 0. The molecule has 1 heteroatoms. The Morgan fingerprint density at radius 1 is 0.419 bits per heavy atom. The van der Waals surface area contributed by atoms with Crippen LogP contribution in [0.15, 0.2) is 162 Å². The zero-order chi connectivity index (χ0) is 37.9. The summed E-state index contributed by atoms with van der Waals surface area (Å²) < 4.78 is 104. The fourth-order valence-corrected chi connectivity index (χ4v) is 6.23. The average molecular weight is 558 g/mol. The van der Waals surface area contributed by atoms with Crippen molar-refractivity contribution < 1.29 is 19.5 Å². The molecule has 0 amide bonds. The van der Waals surface area contributed by atoms with E-state index in [0.717, 1.165) is 38.3 Å². The lowest BCUT2D eigenvalue weighted by atomic mass is 9.85. The summed E-state index contributed by atoms with van der Waals surface area (Å²) in [5, 5.41) is 4.14. The van der Waals surface area contributed by atoms with E-state index < -0.39 is 66.5 Å². The topological polar surface area (TPSA) is 13.1 Å². The average Bonchev–Trinajstić information content (AvgIpc) is 3.57. The maximum Gasteiger partial charge on any atom is 0.143 e. The molecule has 9 rings (SSSR count). The molecule has 0 aliphatic heterocycles. The first-order chi connectivity index (χ1) is 25.9. The SMILES string of the molecule is [2H]c1c([2H])c(-c2c3ccccc3c(-c3cccc4c3oc3ccccc34)c3ccccc23)c([2H])c(-c2c([2H])c([2H])c([2H])c3c([2H])c([2H])c([2H])c([2H])c23)c1[2H]. The lowest BCUT2D eigenvalue weighted by Gasteiger charge is -2.18. The van der Waals surface area contributed by atoms with Crippen molar-refractivity contribution in [1.29, 1.82) is 0 Å². The van der Waals surface area contributed by atoms with Gasteiger partial charge in [-0.25, -0.2) is 0 Å². The summed E-state index contributed by atoms with van der Waals surface area (Å²) in [4.78, 5) is 0. The largest absolute Gasteiger partial charge is 0.455 e. The first kappa shape index (κ1) is 15.5. The minimum absolute atomic E-state index is 0.0123. The number of furan rings is 1. The van der Waals surface area contributed by atoms with Crippen LogP contribution in [-0.2, 0) is 0 Å². The van der Waals surface area contributed by atoms with Crippen LogP contribution in [0.1, 0.15) is 15.1 Å². The van der Waals surface area contributed by atoms with Gasteiger partial charge in [-0.2, -0.15) is 0 Å². The van der Waals surface area contributed by atoms with E-state index in [-0.39, 0.29) is 27.5 Å². The van der Waals surface area contributed by atoms with E-state index in [1.54, 1.807) is 0 Å². The summed E-state index contributed by atoms with van der Waals surface area (Å²) in [6.45, 7) is 0. The Morgan fingerprint density at radius 2 is 1.02 bits per heavy atom. The van der Waals surface area contributed by atoms with Crippen molar-refractivity contribution in [2.45, 2.75) is 0 Å². The molecule has 8 aromatic carbocycles. The maximum atomic E-state index is 9.73. The Labute approximate surface area is 264 Å². The third-order valence-corrected chi connectivity index (χ3v) is 8.04. The van der Waals surface area contributed by atoms with Crippen molar-refractivity contribution in [3.63, 3.8) is 0 Å². The lowest BCUT2D eigenvalue weighted by molar-refractivity contribution is 0.670. The zero-order valence-electron chi connectivity index (χ0n) is 33.6. The van der Waals surface area contributed by atoms with Gasteiger partial charge in [-0.05, 0) is 66.7 Å². The van der Waals surface area contributed by atoms with E-state index in [0.29, 0.717) is 21.9 Å². The molecule has 0 N–H and O–H groups in total. The number of fused-ring (bicyclic) bond motifs is 6. The highest BCUT2D eigenvalue weighted by Crippen LogP contribution is 2.46. The van der Waals surface area contributed by atoms with Gasteiger partial charge in [0.15, 0.2) is 0 Å². The Morgan fingerprint density at radius 3 is 1.81 bits per heavy atom. The number of rotatable bonds is 3. The van der Waals surface area contributed by atoms with Crippen LogP contribution in [0, 0.1) is 0 Å². The molecule has 1 aromatic heterocycles. The van der Waals surface area contributed by atoms with Crippen LogP contribution in [0.4, 0.5) is 0 Å². The quantitative estimate of drug-likeness (QED) is 0.197. The monoisotopic (exact) mass is 557 g/mol. The van der Waals surface area contributed by atoms with Gasteiger partial charge in [-0.15, -0.1) is 0 Å².